The van der Waals surface area contributed by atoms with Crippen molar-refractivity contribution < 1.29 is 0 Å². The summed E-state index contributed by atoms with van der Waals surface area (Å²) < 4.78 is 0. The zero-order valence-corrected chi connectivity index (χ0v) is 8.25. The summed E-state index contributed by atoms with van der Waals surface area (Å²) in [5, 5.41) is 10.1. The number of hydrogen-bond acceptors (Lipinski definition) is 1. The molecule has 0 N–H and O–H groups in total. The van der Waals surface area contributed by atoms with Gasteiger partial charge in [0.15, 0.2) is 0 Å². The van der Waals surface area contributed by atoms with Crippen LogP contribution in [0, 0.1) is 11.0 Å². The average molecular weight is 174 g/mol. The van der Waals surface area contributed by atoms with Gasteiger partial charge in [0.1, 0.15) is 0 Å². The number of benzene rings is 1. The third-order valence-electron chi connectivity index (χ3n) is 1.76. The highest BCUT2D eigenvalue weighted by atomic mass is 28.3. The first-order valence-electron chi connectivity index (χ1n) is 4.19. The summed E-state index contributed by atoms with van der Waals surface area (Å²) in [5.41, 5.74) is 2.42. The van der Waals surface area contributed by atoms with Crippen molar-refractivity contribution in [1.82, 2.24) is 0 Å². The lowest BCUT2D eigenvalue weighted by molar-refractivity contribution is 1.07. The second-order valence-corrected chi connectivity index (χ2v) is 4.96. The van der Waals surface area contributed by atoms with Crippen molar-refractivity contribution in [1.29, 1.82) is 5.26 Å². The summed E-state index contributed by atoms with van der Waals surface area (Å²) in [6.45, 7) is 2.13. The Bertz CT molecular complexity index is 263. The molecule has 1 rings (SSSR count). The SMILES string of the molecule is CCC[Si](C#N)c1ccccc1. The number of hydrogen-bond donors (Lipinski definition) is 0. The molecule has 0 spiro atoms. The summed E-state index contributed by atoms with van der Waals surface area (Å²) in [6, 6.07) is 11.2. The topological polar surface area (TPSA) is 23.8 Å². The van der Waals surface area contributed by atoms with E-state index in [4.69, 9.17) is 5.26 Å². The van der Waals surface area contributed by atoms with Gasteiger partial charge in [0.2, 0.25) is 8.80 Å². The zero-order valence-electron chi connectivity index (χ0n) is 7.25. The minimum atomic E-state index is -0.907. The van der Waals surface area contributed by atoms with E-state index in [0.717, 1.165) is 12.5 Å². The van der Waals surface area contributed by atoms with Gasteiger partial charge in [-0.3, -0.25) is 0 Å². The van der Waals surface area contributed by atoms with Gasteiger partial charge in [-0.2, -0.15) is 0 Å². The Hall–Kier alpha value is -1.07. The molecule has 1 radical (unpaired) electrons. The van der Waals surface area contributed by atoms with Gasteiger partial charge in [0.25, 0.3) is 0 Å². The molecule has 0 fully saturated rings. The molecule has 0 aliphatic carbocycles. The zero-order chi connectivity index (χ0) is 8.81. The van der Waals surface area contributed by atoms with Crippen LogP contribution in [0.5, 0.6) is 0 Å². The summed E-state index contributed by atoms with van der Waals surface area (Å²) in [7, 11) is -0.907. The maximum absolute atomic E-state index is 8.91. The highest BCUT2D eigenvalue weighted by Crippen LogP contribution is 1.97. The highest BCUT2D eigenvalue weighted by molar-refractivity contribution is 6.79. The molecule has 1 nitrogen and oxygen atoms in total. The minimum Gasteiger partial charge on any atom is -0.207 e. The van der Waals surface area contributed by atoms with Gasteiger partial charge in [-0.05, 0) is 11.2 Å². The molecule has 0 unspecified atom stereocenters. The quantitative estimate of drug-likeness (QED) is 0.642. The number of rotatable bonds is 3. The van der Waals surface area contributed by atoms with E-state index in [0.29, 0.717) is 0 Å². The largest absolute Gasteiger partial charge is 0.216 e. The van der Waals surface area contributed by atoms with Gasteiger partial charge in [-0.15, -0.1) is 0 Å². The van der Waals surface area contributed by atoms with Gasteiger partial charge < -0.3 is 0 Å². The van der Waals surface area contributed by atoms with Gasteiger partial charge in [0, 0.05) is 5.69 Å². The Morgan fingerprint density at radius 3 is 2.50 bits per heavy atom. The van der Waals surface area contributed by atoms with E-state index in [1.807, 2.05) is 18.2 Å². The molecule has 0 amide bonds. The molecule has 0 aliphatic rings. The smallest absolute Gasteiger partial charge is 0.207 e. The Labute approximate surface area is 75.3 Å². The van der Waals surface area contributed by atoms with Crippen molar-refractivity contribution in [2.75, 3.05) is 0 Å². The lowest BCUT2D eigenvalue weighted by atomic mass is 10.4. The summed E-state index contributed by atoms with van der Waals surface area (Å²) >= 11 is 0. The van der Waals surface area contributed by atoms with E-state index >= 15 is 0 Å². The second-order valence-electron chi connectivity index (χ2n) is 2.71. The predicted octanol–water partition coefficient (Wildman–Crippen LogP) is 1.86. The van der Waals surface area contributed by atoms with Gasteiger partial charge in [-0.25, -0.2) is 5.26 Å². The van der Waals surface area contributed by atoms with Gasteiger partial charge in [0.05, 0.1) is 0 Å². The van der Waals surface area contributed by atoms with E-state index in [1.54, 1.807) is 0 Å². The van der Waals surface area contributed by atoms with Gasteiger partial charge >= 0.3 is 0 Å². The predicted molar refractivity (Wildman–Crippen MR) is 52.5 cm³/mol. The monoisotopic (exact) mass is 174 g/mol. The molecule has 0 aliphatic heterocycles. The van der Waals surface area contributed by atoms with Crippen LogP contribution in [0.25, 0.3) is 0 Å². The van der Waals surface area contributed by atoms with Crippen molar-refractivity contribution in [2.24, 2.45) is 0 Å². The van der Waals surface area contributed by atoms with Crippen LogP contribution in [0.3, 0.4) is 0 Å². The maximum Gasteiger partial charge on any atom is 0.216 e. The first kappa shape index (κ1) is 9.02. The molecule has 1 aromatic rings. The number of nitriles is 1. The van der Waals surface area contributed by atoms with E-state index in [9.17, 15) is 0 Å². The van der Waals surface area contributed by atoms with E-state index < -0.39 is 8.80 Å². The minimum absolute atomic E-state index is 0.907. The van der Waals surface area contributed by atoms with Crippen molar-refractivity contribution in [3.8, 4) is 5.69 Å². The number of nitrogens with zero attached hydrogens (tertiary/aromatic N) is 1. The molecule has 61 valence electrons. The Morgan fingerprint density at radius 1 is 1.33 bits per heavy atom. The molecule has 0 atom stereocenters. The fraction of sp³-hybridized carbons (Fsp3) is 0.300. The van der Waals surface area contributed by atoms with Crippen LogP contribution in [-0.4, -0.2) is 8.80 Å². The third kappa shape index (κ3) is 2.21. The molecule has 1 aromatic carbocycles. The van der Waals surface area contributed by atoms with Crippen molar-refractivity contribution in [3.05, 3.63) is 30.3 Å². The first-order valence-corrected chi connectivity index (χ1v) is 5.90. The van der Waals surface area contributed by atoms with E-state index in [-0.39, 0.29) is 0 Å². The molecule has 0 bridgehead atoms. The van der Waals surface area contributed by atoms with Crippen molar-refractivity contribution >= 4 is 14.0 Å². The fourth-order valence-electron chi connectivity index (χ4n) is 1.15. The van der Waals surface area contributed by atoms with Crippen LogP contribution in [0.2, 0.25) is 6.04 Å². The van der Waals surface area contributed by atoms with E-state index in [1.165, 1.54) is 5.19 Å². The van der Waals surface area contributed by atoms with Crippen LogP contribution in [0.1, 0.15) is 13.3 Å². The van der Waals surface area contributed by atoms with E-state index in [2.05, 4.69) is 24.7 Å². The molecular formula is C10H12NSi. The fourth-order valence-corrected chi connectivity index (χ4v) is 2.78. The third-order valence-corrected chi connectivity index (χ3v) is 4.06. The standard InChI is InChI=1S/C10H12NSi/c1-2-8-12(9-11)10-6-4-3-5-7-10/h3-7H,2,8H2,1H3. The van der Waals surface area contributed by atoms with Crippen LogP contribution in [0.4, 0.5) is 0 Å². The summed E-state index contributed by atoms with van der Waals surface area (Å²) in [4.78, 5) is 0. The Morgan fingerprint density at radius 2 is 2.00 bits per heavy atom. The summed E-state index contributed by atoms with van der Waals surface area (Å²) in [5.74, 6) is 0. The lowest BCUT2D eigenvalue weighted by Gasteiger charge is -2.03. The van der Waals surface area contributed by atoms with Crippen molar-refractivity contribution in [2.45, 2.75) is 19.4 Å². The van der Waals surface area contributed by atoms with Crippen LogP contribution < -0.4 is 5.19 Å². The first-order chi connectivity index (χ1) is 5.88. The molecule has 12 heavy (non-hydrogen) atoms. The maximum atomic E-state index is 8.91. The highest BCUT2D eigenvalue weighted by Gasteiger charge is 2.11. The molecule has 0 saturated heterocycles. The van der Waals surface area contributed by atoms with Crippen LogP contribution >= 0.6 is 0 Å². The normalized spacial score (nSPS) is 9.75. The van der Waals surface area contributed by atoms with Crippen molar-refractivity contribution in [3.63, 3.8) is 0 Å². The molecular weight excluding hydrogens is 162 g/mol. The van der Waals surface area contributed by atoms with Crippen LogP contribution in [-0.2, 0) is 0 Å². The Kier molecular flexibility index (Phi) is 3.56. The molecule has 0 saturated carbocycles. The molecule has 0 heterocycles. The van der Waals surface area contributed by atoms with Crippen LogP contribution in [0.15, 0.2) is 30.3 Å². The molecule has 0 aromatic heterocycles. The lowest BCUT2D eigenvalue weighted by Crippen LogP contribution is -2.27. The Balaban J connectivity index is 2.75. The summed E-state index contributed by atoms with van der Waals surface area (Å²) in [6.07, 6.45) is 1.11. The second kappa shape index (κ2) is 4.73. The average Bonchev–Trinajstić information content (AvgIpc) is 2.15. The van der Waals surface area contributed by atoms with Gasteiger partial charge in [-0.1, -0.05) is 43.7 Å². The molecule has 2 heteroatoms.